The molecule has 2 aromatic carbocycles. The van der Waals surface area contributed by atoms with Crippen molar-refractivity contribution < 1.29 is 9.13 Å². The number of anilines is 1. The minimum Gasteiger partial charge on any atom is -0.494 e. The van der Waals surface area contributed by atoms with Gasteiger partial charge in [-0.3, -0.25) is 5.43 Å². The minimum absolute atomic E-state index is 0.226. The summed E-state index contributed by atoms with van der Waals surface area (Å²) < 4.78 is 18.3. The zero-order valence-corrected chi connectivity index (χ0v) is 10.9. The highest BCUT2D eigenvalue weighted by molar-refractivity contribution is 5.80. The fourth-order valence-corrected chi connectivity index (χ4v) is 1.64. The Morgan fingerprint density at radius 3 is 2.68 bits per heavy atom. The molecule has 0 saturated carbocycles. The van der Waals surface area contributed by atoms with Crippen LogP contribution in [0.4, 0.5) is 10.1 Å². The van der Waals surface area contributed by atoms with E-state index in [1.54, 1.807) is 18.3 Å². The van der Waals surface area contributed by atoms with Crippen molar-refractivity contribution >= 4 is 11.9 Å². The third-order valence-electron chi connectivity index (χ3n) is 2.72. The zero-order valence-electron chi connectivity index (χ0n) is 10.9. The largest absolute Gasteiger partial charge is 0.494 e. The number of hydrogen-bond donors (Lipinski definition) is 1. The third kappa shape index (κ3) is 3.31. The molecule has 0 aromatic heterocycles. The number of nitrogens with one attached hydrogen (secondary N) is 1. The number of aryl methyl sites for hydroxylation is 1. The van der Waals surface area contributed by atoms with E-state index in [2.05, 4.69) is 10.5 Å². The predicted octanol–water partition coefficient (Wildman–Crippen LogP) is 3.59. The van der Waals surface area contributed by atoms with Crippen LogP contribution in [0.3, 0.4) is 0 Å². The van der Waals surface area contributed by atoms with Crippen LogP contribution >= 0.6 is 0 Å². The molecule has 0 atom stereocenters. The molecule has 0 aliphatic heterocycles. The molecule has 0 spiro atoms. The van der Waals surface area contributed by atoms with E-state index in [-0.39, 0.29) is 5.75 Å². The van der Waals surface area contributed by atoms with Crippen LogP contribution in [-0.2, 0) is 0 Å². The Kier molecular flexibility index (Phi) is 4.13. The molecule has 0 heterocycles. The van der Waals surface area contributed by atoms with Gasteiger partial charge in [0.1, 0.15) is 0 Å². The van der Waals surface area contributed by atoms with Crippen molar-refractivity contribution in [2.24, 2.45) is 5.10 Å². The van der Waals surface area contributed by atoms with E-state index in [0.717, 1.165) is 11.3 Å². The molecule has 4 heteroatoms. The lowest BCUT2D eigenvalue weighted by atomic mass is 10.2. The van der Waals surface area contributed by atoms with Gasteiger partial charge < -0.3 is 4.74 Å². The Morgan fingerprint density at radius 1 is 1.21 bits per heavy atom. The summed E-state index contributed by atoms with van der Waals surface area (Å²) in [6.07, 6.45) is 1.56. The number of hydrazone groups is 1. The zero-order chi connectivity index (χ0) is 13.7. The van der Waals surface area contributed by atoms with Gasteiger partial charge in [0.2, 0.25) is 0 Å². The fourth-order valence-electron chi connectivity index (χ4n) is 1.64. The minimum atomic E-state index is -0.401. The van der Waals surface area contributed by atoms with Gasteiger partial charge in [0.15, 0.2) is 11.6 Å². The lowest BCUT2D eigenvalue weighted by Gasteiger charge is -2.04. The van der Waals surface area contributed by atoms with Crippen molar-refractivity contribution in [2.75, 3.05) is 12.5 Å². The topological polar surface area (TPSA) is 33.6 Å². The molecule has 3 nitrogen and oxygen atoms in total. The molecule has 1 N–H and O–H groups in total. The van der Waals surface area contributed by atoms with E-state index in [9.17, 15) is 4.39 Å². The number of para-hydroxylation sites is 1. The Bertz CT molecular complexity index is 596. The highest BCUT2D eigenvalue weighted by Crippen LogP contribution is 2.17. The van der Waals surface area contributed by atoms with E-state index in [1.165, 1.54) is 13.2 Å². The highest BCUT2D eigenvalue weighted by Gasteiger charge is 2.01. The second-order valence-electron chi connectivity index (χ2n) is 4.08. The summed E-state index contributed by atoms with van der Waals surface area (Å²) in [5.41, 5.74) is 5.61. The van der Waals surface area contributed by atoms with E-state index < -0.39 is 5.82 Å². The molecule has 0 saturated heterocycles. The molecular weight excluding hydrogens is 243 g/mol. The Labute approximate surface area is 111 Å². The van der Waals surface area contributed by atoms with Crippen molar-refractivity contribution in [3.8, 4) is 5.75 Å². The third-order valence-corrected chi connectivity index (χ3v) is 2.72. The van der Waals surface area contributed by atoms with Gasteiger partial charge >= 0.3 is 0 Å². The van der Waals surface area contributed by atoms with E-state index in [0.29, 0.717) is 5.56 Å². The van der Waals surface area contributed by atoms with Crippen molar-refractivity contribution in [3.63, 3.8) is 0 Å². The van der Waals surface area contributed by atoms with Gasteiger partial charge in [0, 0.05) is 0 Å². The van der Waals surface area contributed by atoms with Crippen molar-refractivity contribution in [1.82, 2.24) is 0 Å². The Balaban J connectivity index is 2.07. The lowest BCUT2D eigenvalue weighted by Crippen LogP contribution is -1.94. The van der Waals surface area contributed by atoms with Crippen molar-refractivity contribution in [2.45, 2.75) is 6.92 Å². The van der Waals surface area contributed by atoms with Crippen LogP contribution in [0, 0.1) is 12.7 Å². The first-order chi connectivity index (χ1) is 9.20. The Morgan fingerprint density at radius 2 is 2.00 bits per heavy atom. The fraction of sp³-hybridized carbons (Fsp3) is 0.133. The summed E-state index contributed by atoms with van der Waals surface area (Å²) in [4.78, 5) is 0. The van der Waals surface area contributed by atoms with Gasteiger partial charge in [-0.2, -0.15) is 5.10 Å². The predicted molar refractivity (Wildman–Crippen MR) is 75.3 cm³/mol. The summed E-state index contributed by atoms with van der Waals surface area (Å²) in [6.45, 7) is 1.99. The molecule has 0 aliphatic rings. The standard InChI is InChI=1S/C15H15FN2O/c1-11-5-3-4-6-14(11)18-17-10-12-7-8-15(19-2)13(16)9-12/h3-10,18H,1-2H3/b17-10-. The highest BCUT2D eigenvalue weighted by atomic mass is 19.1. The quantitative estimate of drug-likeness (QED) is 0.671. The second-order valence-corrected chi connectivity index (χ2v) is 4.08. The van der Waals surface area contributed by atoms with Gasteiger partial charge in [-0.1, -0.05) is 18.2 Å². The maximum atomic E-state index is 13.5. The van der Waals surface area contributed by atoms with Crippen molar-refractivity contribution in [3.05, 3.63) is 59.4 Å². The molecule has 2 rings (SSSR count). The van der Waals surface area contributed by atoms with Crippen LogP contribution in [0.2, 0.25) is 0 Å². The molecule has 0 bridgehead atoms. The lowest BCUT2D eigenvalue weighted by molar-refractivity contribution is 0.386. The summed E-state index contributed by atoms with van der Waals surface area (Å²) in [5.74, 6) is -0.175. The summed E-state index contributed by atoms with van der Waals surface area (Å²) in [5, 5.41) is 4.09. The number of ether oxygens (including phenoxy) is 1. The number of benzene rings is 2. The number of halogens is 1. The Hall–Kier alpha value is -2.36. The summed E-state index contributed by atoms with van der Waals surface area (Å²) >= 11 is 0. The van der Waals surface area contributed by atoms with Crippen LogP contribution in [0.1, 0.15) is 11.1 Å². The number of hydrogen-bond acceptors (Lipinski definition) is 3. The van der Waals surface area contributed by atoms with Crippen LogP contribution in [0.15, 0.2) is 47.6 Å². The molecule has 0 aliphatic carbocycles. The van der Waals surface area contributed by atoms with E-state index >= 15 is 0 Å². The molecule has 0 fully saturated rings. The maximum Gasteiger partial charge on any atom is 0.165 e. The average Bonchev–Trinajstić information content (AvgIpc) is 2.41. The SMILES string of the molecule is COc1ccc(/C=N\Nc2ccccc2C)cc1F. The molecule has 0 amide bonds. The maximum absolute atomic E-state index is 13.5. The molecule has 0 radical (unpaired) electrons. The summed E-state index contributed by atoms with van der Waals surface area (Å²) in [6, 6.07) is 12.5. The average molecular weight is 258 g/mol. The molecule has 19 heavy (non-hydrogen) atoms. The van der Waals surface area contributed by atoms with E-state index in [1.807, 2.05) is 31.2 Å². The monoisotopic (exact) mass is 258 g/mol. The smallest absolute Gasteiger partial charge is 0.165 e. The van der Waals surface area contributed by atoms with Gasteiger partial charge in [-0.25, -0.2) is 4.39 Å². The number of nitrogens with zero attached hydrogens (tertiary/aromatic N) is 1. The number of rotatable bonds is 4. The van der Waals surface area contributed by atoms with Crippen LogP contribution in [0.25, 0.3) is 0 Å². The first-order valence-electron chi connectivity index (χ1n) is 5.89. The van der Waals surface area contributed by atoms with Crippen LogP contribution in [-0.4, -0.2) is 13.3 Å². The van der Waals surface area contributed by atoms with Gasteiger partial charge in [0.25, 0.3) is 0 Å². The van der Waals surface area contributed by atoms with Crippen LogP contribution < -0.4 is 10.2 Å². The van der Waals surface area contributed by atoms with E-state index in [4.69, 9.17) is 4.74 Å². The van der Waals surface area contributed by atoms with Crippen molar-refractivity contribution in [1.29, 1.82) is 0 Å². The molecule has 0 unspecified atom stereocenters. The number of methoxy groups -OCH3 is 1. The van der Waals surface area contributed by atoms with Gasteiger partial charge in [-0.15, -0.1) is 0 Å². The van der Waals surface area contributed by atoms with Crippen LogP contribution in [0.5, 0.6) is 5.75 Å². The van der Waals surface area contributed by atoms with Gasteiger partial charge in [0.05, 0.1) is 19.0 Å². The second kappa shape index (κ2) is 6.00. The van der Waals surface area contributed by atoms with Gasteiger partial charge in [-0.05, 0) is 42.3 Å². The first kappa shape index (κ1) is 13.1. The molecule has 2 aromatic rings. The normalized spacial score (nSPS) is 10.7. The molecular formula is C15H15FN2O. The first-order valence-corrected chi connectivity index (χ1v) is 5.89. The molecule has 98 valence electrons. The summed E-state index contributed by atoms with van der Waals surface area (Å²) in [7, 11) is 1.44.